The average molecular weight is 363 g/mol. The first kappa shape index (κ1) is 15.5. The van der Waals surface area contributed by atoms with Crippen LogP contribution in [0.1, 0.15) is 0 Å². The standard InChI is InChI=1S/C17H19BrN2O2/c18-16-11-15(12-19-13-16)14-1-3-17(4-2-14)22-10-7-20-5-8-21-9-6-20/h1-4,11-13H,5-10H2. The van der Waals surface area contributed by atoms with Crippen LogP contribution in [-0.4, -0.2) is 49.3 Å². The minimum Gasteiger partial charge on any atom is -0.492 e. The van der Waals surface area contributed by atoms with Gasteiger partial charge in [-0.05, 0) is 39.7 Å². The molecule has 0 bridgehead atoms. The van der Waals surface area contributed by atoms with Crippen LogP contribution >= 0.6 is 15.9 Å². The van der Waals surface area contributed by atoms with Crippen molar-refractivity contribution in [1.82, 2.24) is 9.88 Å². The van der Waals surface area contributed by atoms with Crippen molar-refractivity contribution in [2.45, 2.75) is 0 Å². The van der Waals surface area contributed by atoms with Crippen LogP contribution in [0, 0.1) is 0 Å². The van der Waals surface area contributed by atoms with Crippen molar-refractivity contribution in [3.05, 3.63) is 47.2 Å². The lowest BCUT2D eigenvalue weighted by molar-refractivity contribution is 0.0322. The fourth-order valence-electron chi connectivity index (χ4n) is 2.43. The highest BCUT2D eigenvalue weighted by atomic mass is 79.9. The molecule has 5 heteroatoms. The van der Waals surface area contributed by atoms with Crippen molar-refractivity contribution >= 4 is 15.9 Å². The molecule has 3 rings (SSSR count). The lowest BCUT2D eigenvalue weighted by Gasteiger charge is -2.26. The number of morpholine rings is 1. The van der Waals surface area contributed by atoms with Crippen LogP contribution in [0.3, 0.4) is 0 Å². The molecule has 1 saturated heterocycles. The van der Waals surface area contributed by atoms with Crippen LogP contribution in [-0.2, 0) is 4.74 Å². The molecular weight excluding hydrogens is 344 g/mol. The van der Waals surface area contributed by atoms with Gasteiger partial charge in [-0.25, -0.2) is 0 Å². The first-order valence-electron chi connectivity index (χ1n) is 7.45. The third-order valence-corrected chi connectivity index (χ3v) is 4.11. The van der Waals surface area contributed by atoms with E-state index in [-0.39, 0.29) is 0 Å². The van der Waals surface area contributed by atoms with E-state index in [0.29, 0.717) is 6.61 Å². The Morgan fingerprint density at radius 3 is 2.59 bits per heavy atom. The second kappa shape index (κ2) is 7.72. The van der Waals surface area contributed by atoms with Crippen LogP contribution < -0.4 is 4.74 Å². The summed E-state index contributed by atoms with van der Waals surface area (Å²) in [6.45, 7) is 5.31. The van der Waals surface area contributed by atoms with Gasteiger partial charge in [0.15, 0.2) is 0 Å². The maximum Gasteiger partial charge on any atom is 0.119 e. The summed E-state index contributed by atoms with van der Waals surface area (Å²) < 4.78 is 12.1. The van der Waals surface area contributed by atoms with E-state index in [4.69, 9.17) is 9.47 Å². The van der Waals surface area contributed by atoms with E-state index in [2.05, 4.69) is 44.0 Å². The van der Waals surface area contributed by atoms with Gasteiger partial charge in [-0.15, -0.1) is 0 Å². The number of rotatable bonds is 5. The zero-order chi connectivity index (χ0) is 15.2. The van der Waals surface area contributed by atoms with Gasteiger partial charge in [0, 0.05) is 42.1 Å². The van der Waals surface area contributed by atoms with Crippen molar-refractivity contribution in [2.75, 3.05) is 39.5 Å². The highest BCUT2D eigenvalue weighted by molar-refractivity contribution is 9.10. The Balaban J connectivity index is 1.53. The van der Waals surface area contributed by atoms with Crippen LogP contribution in [0.4, 0.5) is 0 Å². The highest BCUT2D eigenvalue weighted by Crippen LogP contribution is 2.24. The maximum absolute atomic E-state index is 5.82. The minimum absolute atomic E-state index is 0.706. The molecule has 0 amide bonds. The lowest BCUT2D eigenvalue weighted by atomic mass is 10.1. The summed E-state index contributed by atoms with van der Waals surface area (Å²) in [5.41, 5.74) is 2.23. The smallest absolute Gasteiger partial charge is 0.119 e. The quantitative estimate of drug-likeness (QED) is 0.817. The first-order valence-corrected chi connectivity index (χ1v) is 8.24. The van der Waals surface area contributed by atoms with Gasteiger partial charge in [-0.2, -0.15) is 0 Å². The van der Waals surface area contributed by atoms with Crippen molar-refractivity contribution in [3.8, 4) is 16.9 Å². The van der Waals surface area contributed by atoms with Gasteiger partial charge in [0.25, 0.3) is 0 Å². The summed E-state index contributed by atoms with van der Waals surface area (Å²) in [5, 5.41) is 0. The number of halogens is 1. The molecule has 0 saturated carbocycles. The number of benzene rings is 1. The van der Waals surface area contributed by atoms with Gasteiger partial charge >= 0.3 is 0 Å². The molecule has 4 nitrogen and oxygen atoms in total. The Labute approximate surface area is 139 Å². The summed E-state index contributed by atoms with van der Waals surface area (Å²) >= 11 is 3.45. The third kappa shape index (κ3) is 4.29. The predicted molar refractivity (Wildman–Crippen MR) is 90.1 cm³/mol. The Morgan fingerprint density at radius 1 is 1.09 bits per heavy atom. The Bertz CT molecular complexity index is 598. The summed E-state index contributed by atoms with van der Waals surface area (Å²) in [5.74, 6) is 0.903. The second-order valence-corrected chi connectivity index (χ2v) is 6.13. The number of pyridine rings is 1. The number of hydrogen-bond acceptors (Lipinski definition) is 4. The van der Waals surface area contributed by atoms with E-state index >= 15 is 0 Å². The van der Waals surface area contributed by atoms with Gasteiger partial charge in [-0.3, -0.25) is 9.88 Å². The van der Waals surface area contributed by atoms with Crippen molar-refractivity contribution in [3.63, 3.8) is 0 Å². The first-order chi connectivity index (χ1) is 10.8. The monoisotopic (exact) mass is 362 g/mol. The molecular formula is C17H19BrN2O2. The third-order valence-electron chi connectivity index (χ3n) is 3.67. The van der Waals surface area contributed by atoms with Crippen molar-refractivity contribution in [2.24, 2.45) is 0 Å². The topological polar surface area (TPSA) is 34.6 Å². The molecule has 1 fully saturated rings. The molecule has 0 radical (unpaired) electrons. The average Bonchev–Trinajstić information content (AvgIpc) is 2.56. The van der Waals surface area contributed by atoms with E-state index in [1.54, 1.807) is 6.20 Å². The fourth-order valence-corrected chi connectivity index (χ4v) is 2.80. The summed E-state index contributed by atoms with van der Waals surface area (Å²) in [6, 6.07) is 10.2. The van der Waals surface area contributed by atoms with E-state index in [1.807, 2.05) is 18.3 Å². The molecule has 0 unspecified atom stereocenters. The molecule has 22 heavy (non-hydrogen) atoms. The molecule has 0 aliphatic carbocycles. The fraction of sp³-hybridized carbons (Fsp3) is 0.353. The molecule has 0 atom stereocenters. The van der Waals surface area contributed by atoms with Gasteiger partial charge < -0.3 is 9.47 Å². The summed E-state index contributed by atoms with van der Waals surface area (Å²) in [7, 11) is 0. The molecule has 2 aromatic rings. The molecule has 0 spiro atoms. The normalized spacial score (nSPS) is 15.7. The maximum atomic E-state index is 5.82. The van der Waals surface area contributed by atoms with E-state index < -0.39 is 0 Å². The predicted octanol–water partition coefficient (Wildman–Crippen LogP) is 3.22. The van der Waals surface area contributed by atoms with Gasteiger partial charge in [0.2, 0.25) is 0 Å². The molecule has 1 aliphatic rings. The van der Waals surface area contributed by atoms with Gasteiger partial charge in [0.1, 0.15) is 12.4 Å². The molecule has 1 aliphatic heterocycles. The zero-order valence-corrected chi connectivity index (χ0v) is 14.0. The number of nitrogens with zero attached hydrogens (tertiary/aromatic N) is 2. The van der Waals surface area contributed by atoms with Crippen molar-refractivity contribution in [1.29, 1.82) is 0 Å². The molecule has 0 N–H and O–H groups in total. The largest absolute Gasteiger partial charge is 0.492 e. The molecule has 1 aromatic carbocycles. The molecule has 1 aromatic heterocycles. The Hall–Kier alpha value is -1.43. The zero-order valence-electron chi connectivity index (χ0n) is 12.4. The molecule has 2 heterocycles. The summed E-state index contributed by atoms with van der Waals surface area (Å²) in [4.78, 5) is 6.56. The van der Waals surface area contributed by atoms with Crippen LogP contribution in [0.5, 0.6) is 5.75 Å². The highest BCUT2D eigenvalue weighted by Gasteiger charge is 2.09. The number of aromatic nitrogens is 1. The SMILES string of the molecule is Brc1cncc(-c2ccc(OCCN3CCOCC3)cc2)c1. The van der Waals surface area contributed by atoms with Crippen LogP contribution in [0.2, 0.25) is 0 Å². The summed E-state index contributed by atoms with van der Waals surface area (Å²) in [6.07, 6.45) is 3.64. The minimum atomic E-state index is 0.706. The number of hydrogen-bond donors (Lipinski definition) is 0. The van der Waals surface area contributed by atoms with E-state index in [1.165, 1.54) is 0 Å². The number of ether oxygens (including phenoxy) is 2. The van der Waals surface area contributed by atoms with Gasteiger partial charge in [-0.1, -0.05) is 12.1 Å². The lowest BCUT2D eigenvalue weighted by Crippen LogP contribution is -2.38. The van der Waals surface area contributed by atoms with E-state index in [0.717, 1.165) is 54.2 Å². The second-order valence-electron chi connectivity index (χ2n) is 5.22. The Morgan fingerprint density at radius 2 is 1.86 bits per heavy atom. The molecule has 116 valence electrons. The van der Waals surface area contributed by atoms with Crippen molar-refractivity contribution < 1.29 is 9.47 Å². The Kier molecular flexibility index (Phi) is 5.43. The van der Waals surface area contributed by atoms with E-state index in [9.17, 15) is 0 Å². The van der Waals surface area contributed by atoms with Gasteiger partial charge in [0.05, 0.1) is 13.2 Å². The van der Waals surface area contributed by atoms with Crippen LogP contribution in [0.15, 0.2) is 47.2 Å². The van der Waals surface area contributed by atoms with Crippen LogP contribution in [0.25, 0.3) is 11.1 Å².